The topological polar surface area (TPSA) is 54.8 Å². The number of aromatic nitrogens is 4. The summed E-state index contributed by atoms with van der Waals surface area (Å²) in [6.45, 7) is 4.98. The van der Waals surface area contributed by atoms with E-state index in [1.165, 1.54) is 23.0 Å². The standard InChI is InChI=1S/C19H19N5/c1-14-3-2-4-15(7-14)11-24-6-5-16-10-22-19(23-18(16)12-24)17-8-20-13-21-9-17/h2-4,7-10,13H,5-6,11-12H2,1H3. The molecule has 0 radical (unpaired) electrons. The molecule has 120 valence electrons. The molecule has 1 aliphatic heterocycles. The largest absolute Gasteiger partial charge is 0.293 e. The average Bonchev–Trinajstić information content (AvgIpc) is 2.62. The Morgan fingerprint density at radius 1 is 1.12 bits per heavy atom. The lowest BCUT2D eigenvalue weighted by molar-refractivity contribution is 0.241. The Balaban J connectivity index is 1.55. The predicted molar refractivity (Wildman–Crippen MR) is 92.1 cm³/mol. The van der Waals surface area contributed by atoms with Crippen molar-refractivity contribution in [1.82, 2.24) is 24.8 Å². The average molecular weight is 317 g/mol. The third-order valence-electron chi connectivity index (χ3n) is 4.33. The minimum Gasteiger partial charge on any atom is -0.293 e. The van der Waals surface area contributed by atoms with Crippen LogP contribution in [0.3, 0.4) is 0 Å². The van der Waals surface area contributed by atoms with Crippen LogP contribution in [0.5, 0.6) is 0 Å². The summed E-state index contributed by atoms with van der Waals surface area (Å²) in [5.74, 6) is 0.701. The number of rotatable bonds is 3. The SMILES string of the molecule is Cc1cccc(CN2CCc3cnc(-c4cncnc4)nc3C2)c1. The minimum atomic E-state index is 0.701. The van der Waals surface area contributed by atoms with Crippen LogP contribution >= 0.6 is 0 Å². The lowest BCUT2D eigenvalue weighted by atomic mass is 10.1. The summed E-state index contributed by atoms with van der Waals surface area (Å²) in [5.41, 5.74) is 5.87. The Kier molecular flexibility index (Phi) is 4.01. The molecule has 4 rings (SSSR count). The van der Waals surface area contributed by atoms with Crippen LogP contribution in [0.2, 0.25) is 0 Å². The highest BCUT2D eigenvalue weighted by atomic mass is 15.1. The Morgan fingerprint density at radius 2 is 2.00 bits per heavy atom. The van der Waals surface area contributed by atoms with Gasteiger partial charge < -0.3 is 0 Å². The Morgan fingerprint density at radius 3 is 2.83 bits per heavy atom. The van der Waals surface area contributed by atoms with E-state index >= 15 is 0 Å². The molecule has 0 unspecified atom stereocenters. The van der Waals surface area contributed by atoms with Crippen molar-refractivity contribution in [2.24, 2.45) is 0 Å². The van der Waals surface area contributed by atoms with E-state index in [4.69, 9.17) is 4.98 Å². The van der Waals surface area contributed by atoms with Crippen LogP contribution in [0, 0.1) is 6.92 Å². The first kappa shape index (κ1) is 14.9. The number of hydrogen-bond donors (Lipinski definition) is 0. The molecule has 0 amide bonds. The molecule has 0 bridgehead atoms. The molecular weight excluding hydrogens is 298 g/mol. The van der Waals surface area contributed by atoms with Crippen LogP contribution in [0.4, 0.5) is 0 Å². The van der Waals surface area contributed by atoms with E-state index in [2.05, 4.69) is 51.0 Å². The predicted octanol–water partition coefficient (Wildman–Crippen LogP) is 2.80. The normalized spacial score (nSPS) is 14.4. The van der Waals surface area contributed by atoms with E-state index in [0.717, 1.165) is 37.3 Å². The number of fused-ring (bicyclic) bond motifs is 1. The van der Waals surface area contributed by atoms with Gasteiger partial charge in [-0.2, -0.15) is 0 Å². The van der Waals surface area contributed by atoms with Crippen LogP contribution < -0.4 is 0 Å². The highest BCUT2D eigenvalue weighted by molar-refractivity contribution is 5.52. The molecule has 5 heteroatoms. The minimum absolute atomic E-state index is 0.701. The summed E-state index contributed by atoms with van der Waals surface area (Å²) in [4.78, 5) is 19.8. The van der Waals surface area contributed by atoms with Crippen molar-refractivity contribution in [2.75, 3.05) is 6.54 Å². The fourth-order valence-electron chi connectivity index (χ4n) is 3.11. The Hall–Kier alpha value is -2.66. The maximum absolute atomic E-state index is 4.76. The van der Waals surface area contributed by atoms with Crippen LogP contribution in [-0.4, -0.2) is 31.4 Å². The molecule has 24 heavy (non-hydrogen) atoms. The van der Waals surface area contributed by atoms with Crippen molar-refractivity contribution >= 4 is 0 Å². The van der Waals surface area contributed by atoms with Gasteiger partial charge >= 0.3 is 0 Å². The smallest absolute Gasteiger partial charge is 0.162 e. The summed E-state index contributed by atoms with van der Waals surface area (Å²) >= 11 is 0. The van der Waals surface area contributed by atoms with Gasteiger partial charge in [-0.1, -0.05) is 29.8 Å². The maximum atomic E-state index is 4.76. The van der Waals surface area contributed by atoms with Crippen molar-refractivity contribution < 1.29 is 0 Å². The third kappa shape index (κ3) is 3.16. The van der Waals surface area contributed by atoms with Crippen molar-refractivity contribution in [1.29, 1.82) is 0 Å². The lowest BCUT2D eigenvalue weighted by Crippen LogP contribution is -2.31. The van der Waals surface area contributed by atoms with Crippen LogP contribution in [0.15, 0.2) is 49.2 Å². The second-order valence-electron chi connectivity index (χ2n) is 6.24. The molecule has 5 nitrogen and oxygen atoms in total. The fourth-order valence-corrected chi connectivity index (χ4v) is 3.11. The van der Waals surface area contributed by atoms with Gasteiger partial charge in [-0.3, -0.25) is 4.90 Å². The molecule has 0 fully saturated rings. The first-order valence-electron chi connectivity index (χ1n) is 8.16. The van der Waals surface area contributed by atoms with E-state index in [9.17, 15) is 0 Å². The van der Waals surface area contributed by atoms with Crippen molar-refractivity contribution in [3.63, 3.8) is 0 Å². The summed E-state index contributed by atoms with van der Waals surface area (Å²) in [6.07, 6.45) is 7.97. The van der Waals surface area contributed by atoms with Gasteiger partial charge in [-0.05, 0) is 24.5 Å². The van der Waals surface area contributed by atoms with E-state index in [-0.39, 0.29) is 0 Å². The molecule has 3 heterocycles. The zero-order valence-electron chi connectivity index (χ0n) is 13.7. The van der Waals surface area contributed by atoms with Crippen molar-refractivity contribution in [3.05, 3.63) is 71.6 Å². The quantitative estimate of drug-likeness (QED) is 0.743. The second-order valence-corrected chi connectivity index (χ2v) is 6.24. The summed E-state index contributed by atoms with van der Waals surface area (Å²) in [5, 5.41) is 0. The van der Waals surface area contributed by atoms with Crippen molar-refractivity contribution in [2.45, 2.75) is 26.4 Å². The molecule has 2 aromatic heterocycles. The first-order valence-corrected chi connectivity index (χ1v) is 8.16. The van der Waals surface area contributed by atoms with Gasteiger partial charge in [0.2, 0.25) is 0 Å². The third-order valence-corrected chi connectivity index (χ3v) is 4.33. The second kappa shape index (κ2) is 6.45. The van der Waals surface area contributed by atoms with Crippen LogP contribution in [-0.2, 0) is 19.5 Å². The molecule has 0 saturated carbocycles. The highest BCUT2D eigenvalue weighted by Gasteiger charge is 2.19. The zero-order chi connectivity index (χ0) is 16.4. The van der Waals surface area contributed by atoms with Crippen LogP contribution in [0.25, 0.3) is 11.4 Å². The van der Waals surface area contributed by atoms with Gasteiger partial charge in [0.25, 0.3) is 0 Å². The summed E-state index contributed by atoms with van der Waals surface area (Å²) in [6, 6.07) is 8.70. The van der Waals surface area contributed by atoms with Crippen LogP contribution in [0.1, 0.15) is 22.4 Å². The molecule has 0 aliphatic carbocycles. The van der Waals surface area contributed by atoms with E-state index in [0.29, 0.717) is 5.82 Å². The molecule has 0 saturated heterocycles. The lowest BCUT2D eigenvalue weighted by Gasteiger charge is -2.28. The van der Waals surface area contributed by atoms with Gasteiger partial charge in [-0.15, -0.1) is 0 Å². The van der Waals surface area contributed by atoms with Crippen molar-refractivity contribution in [3.8, 4) is 11.4 Å². The molecule has 0 N–H and O–H groups in total. The van der Waals surface area contributed by atoms with Gasteiger partial charge in [0, 0.05) is 38.2 Å². The first-order chi connectivity index (χ1) is 11.8. The number of aryl methyl sites for hydroxylation is 1. The molecule has 0 spiro atoms. The number of nitrogens with zero attached hydrogens (tertiary/aromatic N) is 5. The molecule has 1 aromatic carbocycles. The highest BCUT2D eigenvalue weighted by Crippen LogP contribution is 2.21. The maximum Gasteiger partial charge on any atom is 0.162 e. The summed E-state index contributed by atoms with van der Waals surface area (Å²) < 4.78 is 0. The van der Waals surface area contributed by atoms with Gasteiger partial charge in [0.1, 0.15) is 6.33 Å². The molecular formula is C19H19N5. The zero-order valence-corrected chi connectivity index (χ0v) is 13.7. The Labute approximate surface area is 141 Å². The van der Waals surface area contributed by atoms with E-state index in [1.54, 1.807) is 12.4 Å². The Bertz CT molecular complexity index is 847. The fraction of sp³-hybridized carbons (Fsp3) is 0.263. The van der Waals surface area contributed by atoms with Gasteiger partial charge in [-0.25, -0.2) is 19.9 Å². The molecule has 0 atom stereocenters. The summed E-state index contributed by atoms with van der Waals surface area (Å²) in [7, 11) is 0. The molecule has 1 aliphatic rings. The van der Waals surface area contributed by atoms with E-state index < -0.39 is 0 Å². The van der Waals surface area contributed by atoms with E-state index in [1.807, 2.05) is 6.20 Å². The van der Waals surface area contributed by atoms with Gasteiger partial charge in [0.05, 0.1) is 11.3 Å². The monoisotopic (exact) mass is 317 g/mol. The molecule has 3 aromatic rings. The van der Waals surface area contributed by atoms with Gasteiger partial charge in [0.15, 0.2) is 5.82 Å². The number of hydrogen-bond acceptors (Lipinski definition) is 5. The number of benzene rings is 1.